The topological polar surface area (TPSA) is 86.5 Å². The highest BCUT2D eigenvalue weighted by Crippen LogP contribution is 2.30. The van der Waals surface area contributed by atoms with Gasteiger partial charge in [0.2, 0.25) is 0 Å². The molecule has 1 aromatic heterocycles. The normalized spacial score (nSPS) is 10.0. The fourth-order valence-electron chi connectivity index (χ4n) is 1.76. The van der Waals surface area contributed by atoms with Crippen LogP contribution in [0.15, 0.2) is 36.5 Å². The van der Waals surface area contributed by atoms with Crippen molar-refractivity contribution in [1.82, 2.24) is 4.98 Å². The highest BCUT2D eigenvalue weighted by Gasteiger charge is 2.10. The molecule has 6 heteroatoms. The van der Waals surface area contributed by atoms with Crippen molar-refractivity contribution in [3.8, 4) is 11.5 Å². The van der Waals surface area contributed by atoms with Gasteiger partial charge in [0.25, 0.3) is 5.91 Å². The molecule has 1 amide bonds. The molecule has 0 bridgehead atoms. The van der Waals surface area contributed by atoms with Gasteiger partial charge in [-0.1, -0.05) is 0 Å². The quantitative estimate of drug-likeness (QED) is 0.881. The Morgan fingerprint density at radius 2 is 2.10 bits per heavy atom. The van der Waals surface area contributed by atoms with Crippen molar-refractivity contribution in [3.05, 3.63) is 42.2 Å². The molecule has 0 atom stereocenters. The number of pyridine rings is 1. The molecule has 0 saturated carbocycles. The molecule has 1 aromatic carbocycles. The van der Waals surface area contributed by atoms with E-state index in [0.29, 0.717) is 29.5 Å². The number of carbonyl (C=O) groups is 1. The average Bonchev–Trinajstić information content (AvgIpc) is 2.48. The van der Waals surface area contributed by atoms with Gasteiger partial charge in [-0.2, -0.15) is 0 Å². The first-order valence-corrected chi connectivity index (χ1v) is 6.47. The number of nitrogens with one attached hydrogen (secondary N) is 1. The van der Waals surface area contributed by atoms with Gasteiger partial charge >= 0.3 is 0 Å². The minimum Gasteiger partial charge on any atom is -0.493 e. The van der Waals surface area contributed by atoms with E-state index in [-0.39, 0.29) is 11.6 Å². The summed E-state index contributed by atoms with van der Waals surface area (Å²) in [6.07, 6.45) is 1.44. The third kappa shape index (κ3) is 3.62. The lowest BCUT2D eigenvalue weighted by Crippen LogP contribution is -2.13. The van der Waals surface area contributed by atoms with Crippen LogP contribution in [0.5, 0.6) is 11.5 Å². The molecule has 21 heavy (non-hydrogen) atoms. The number of amides is 1. The number of nitrogens with zero attached hydrogens (tertiary/aromatic N) is 1. The third-order valence-electron chi connectivity index (χ3n) is 2.74. The number of hydrogen-bond acceptors (Lipinski definition) is 5. The van der Waals surface area contributed by atoms with E-state index >= 15 is 0 Å². The number of anilines is 2. The molecule has 2 rings (SSSR count). The van der Waals surface area contributed by atoms with Gasteiger partial charge in [-0.3, -0.25) is 4.79 Å². The van der Waals surface area contributed by atoms with Crippen LogP contribution in [-0.2, 0) is 0 Å². The number of rotatable bonds is 5. The van der Waals surface area contributed by atoms with Crippen molar-refractivity contribution in [1.29, 1.82) is 0 Å². The largest absolute Gasteiger partial charge is 0.493 e. The number of nitrogen functional groups attached to an aromatic ring is 1. The predicted octanol–water partition coefficient (Wildman–Crippen LogP) is 2.32. The highest BCUT2D eigenvalue weighted by atomic mass is 16.5. The van der Waals surface area contributed by atoms with Crippen LogP contribution in [0.1, 0.15) is 17.4 Å². The molecule has 0 unspecified atom stereocenters. The van der Waals surface area contributed by atoms with Crippen molar-refractivity contribution in [2.24, 2.45) is 0 Å². The van der Waals surface area contributed by atoms with Crippen molar-refractivity contribution in [2.45, 2.75) is 6.92 Å². The van der Waals surface area contributed by atoms with Gasteiger partial charge in [-0.15, -0.1) is 0 Å². The molecule has 0 saturated heterocycles. The Labute approximate surface area is 122 Å². The molecule has 3 N–H and O–H groups in total. The van der Waals surface area contributed by atoms with Gasteiger partial charge in [-0.05, 0) is 31.2 Å². The maximum atomic E-state index is 12.1. The van der Waals surface area contributed by atoms with Crippen LogP contribution in [0.3, 0.4) is 0 Å². The molecule has 0 aliphatic carbocycles. The molecule has 110 valence electrons. The van der Waals surface area contributed by atoms with E-state index in [0.717, 1.165) is 0 Å². The van der Waals surface area contributed by atoms with E-state index in [9.17, 15) is 4.79 Å². The van der Waals surface area contributed by atoms with Crippen LogP contribution in [-0.4, -0.2) is 24.6 Å². The first kappa shape index (κ1) is 14.6. The Morgan fingerprint density at radius 1 is 1.29 bits per heavy atom. The monoisotopic (exact) mass is 287 g/mol. The molecule has 0 aliphatic rings. The molecular weight excluding hydrogens is 270 g/mol. The minimum atomic E-state index is -0.317. The van der Waals surface area contributed by atoms with E-state index in [1.807, 2.05) is 6.92 Å². The van der Waals surface area contributed by atoms with Crippen molar-refractivity contribution < 1.29 is 14.3 Å². The molecule has 6 nitrogen and oxygen atoms in total. The SMILES string of the molecule is CCOc1cc(NC(=O)c2ccc(N)cn2)ccc1OC. The van der Waals surface area contributed by atoms with Gasteiger partial charge in [0, 0.05) is 11.8 Å². The summed E-state index contributed by atoms with van der Waals surface area (Å²) < 4.78 is 10.7. The lowest BCUT2D eigenvalue weighted by atomic mass is 10.2. The van der Waals surface area contributed by atoms with Gasteiger partial charge in [0.15, 0.2) is 11.5 Å². The van der Waals surface area contributed by atoms with E-state index < -0.39 is 0 Å². The summed E-state index contributed by atoms with van der Waals surface area (Å²) in [5.74, 6) is 0.867. The maximum Gasteiger partial charge on any atom is 0.274 e. The maximum absolute atomic E-state index is 12.1. The van der Waals surface area contributed by atoms with Crippen LogP contribution in [0.25, 0.3) is 0 Å². The lowest BCUT2D eigenvalue weighted by molar-refractivity contribution is 0.102. The molecular formula is C15H17N3O3. The summed E-state index contributed by atoms with van der Waals surface area (Å²) in [4.78, 5) is 16.0. The second-order valence-corrected chi connectivity index (χ2v) is 4.23. The number of benzene rings is 1. The van der Waals surface area contributed by atoms with E-state index in [1.54, 1.807) is 37.4 Å². The molecule has 1 heterocycles. The van der Waals surface area contributed by atoms with Crippen molar-refractivity contribution >= 4 is 17.3 Å². The zero-order chi connectivity index (χ0) is 15.2. The number of aromatic nitrogens is 1. The number of ether oxygens (including phenoxy) is 2. The Kier molecular flexibility index (Phi) is 4.61. The summed E-state index contributed by atoms with van der Waals surface area (Å²) >= 11 is 0. The summed E-state index contributed by atoms with van der Waals surface area (Å²) in [7, 11) is 1.56. The van der Waals surface area contributed by atoms with E-state index in [1.165, 1.54) is 6.20 Å². The van der Waals surface area contributed by atoms with Crippen LogP contribution in [0.2, 0.25) is 0 Å². The Hall–Kier alpha value is -2.76. The first-order chi connectivity index (χ1) is 10.1. The lowest BCUT2D eigenvalue weighted by Gasteiger charge is -2.11. The molecule has 0 fully saturated rings. The summed E-state index contributed by atoms with van der Waals surface area (Å²) in [5, 5.41) is 2.75. The highest BCUT2D eigenvalue weighted by molar-refractivity contribution is 6.03. The third-order valence-corrected chi connectivity index (χ3v) is 2.74. The first-order valence-electron chi connectivity index (χ1n) is 6.47. The summed E-state index contributed by atoms with van der Waals surface area (Å²) in [5.41, 5.74) is 6.94. The Bertz CT molecular complexity index is 627. The van der Waals surface area contributed by atoms with E-state index in [4.69, 9.17) is 15.2 Å². The minimum absolute atomic E-state index is 0.290. The molecule has 0 radical (unpaired) electrons. The predicted molar refractivity (Wildman–Crippen MR) is 80.8 cm³/mol. The Balaban J connectivity index is 2.17. The van der Waals surface area contributed by atoms with Gasteiger partial charge in [-0.25, -0.2) is 4.98 Å². The van der Waals surface area contributed by atoms with Crippen LogP contribution in [0, 0.1) is 0 Å². The van der Waals surface area contributed by atoms with Crippen LogP contribution < -0.4 is 20.5 Å². The van der Waals surface area contributed by atoms with Gasteiger partial charge in [0.05, 0.1) is 25.6 Å². The fraction of sp³-hybridized carbons (Fsp3) is 0.200. The summed E-state index contributed by atoms with van der Waals surface area (Å²) in [6, 6.07) is 8.37. The molecule has 0 spiro atoms. The number of nitrogens with two attached hydrogens (primary N) is 1. The number of hydrogen-bond donors (Lipinski definition) is 2. The van der Waals surface area contributed by atoms with Gasteiger partial charge in [0.1, 0.15) is 5.69 Å². The van der Waals surface area contributed by atoms with Crippen molar-refractivity contribution in [3.63, 3.8) is 0 Å². The standard InChI is InChI=1S/C15H17N3O3/c1-3-21-14-8-11(5-7-13(14)20-2)18-15(19)12-6-4-10(16)9-17-12/h4-9H,3,16H2,1-2H3,(H,18,19). The second kappa shape index (κ2) is 6.60. The summed E-state index contributed by atoms with van der Waals surface area (Å²) in [6.45, 7) is 2.39. The average molecular weight is 287 g/mol. The van der Waals surface area contributed by atoms with Crippen molar-refractivity contribution in [2.75, 3.05) is 24.8 Å². The second-order valence-electron chi connectivity index (χ2n) is 4.23. The zero-order valence-electron chi connectivity index (χ0n) is 11.9. The fourth-order valence-corrected chi connectivity index (χ4v) is 1.76. The zero-order valence-corrected chi connectivity index (χ0v) is 11.9. The van der Waals surface area contributed by atoms with Gasteiger partial charge < -0.3 is 20.5 Å². The molecule has 0 aliphatic heterocycles. The van der Waals surface area contributed by atoms with Crippen LogP contribution >= 0.6 is 0 Å². The van der Waals surface area contributed by atoms with E-state index in [2.05, 4.69) is 10.3 Å². The molecule has 2 aromatic rings. The number of carbonyl (C=O) groups excluding carboxylic acids is 1. The smallest absolute Gasteiger partial charge is 0.274 e. The van der Waals surface area contributed by atoms with Crippen LogP contribution in [0.4, 0.5) is 11.4 Å². The Morgan fingerprint density at radius 3 is 2.71 bits per heavy atom. The number of methoxy groups -OCH3 is 1.